The van der Waals surface area contributed by atoms with Crippen LogP contribution in [0.4, 0.5) is 5.69 Å². The van der Waals surface area contributed by atoms with Crippen molar-refractivity contribution in [3.05, 3.63) is 53.1 Å². The monoisotopic (exact) mass is 395 g/mol. The highest BCUT2D eigenvalue weighted by Gasteiger charge is 2.24. The van der Waals surface area contributed by atoms with Gasteiger partial charge in [0.15, 0.2) is 0 Å². The number of likely N-dealkylation sites (N-methyl/N-ethyl adjacent to an activating group) is 1. The van der Waals surface area contributed by atoms with Gasteiger partial charge in [-0.05, 0) is 62.7 Å². The highest BCUT2D eigenvalue weighted by molar-refractivity contribution is 7.99. The van der Waals surface area contributed by atoms with Gasteiger partial charge in [-0.2, -0.15) is 0 Å². The molecule has 1 fully saturated rings. The minimum absolute atomic E-state index is 0.0945. The molecule has 1 unspecified atom stereocenters. The van der Waals surface area contributed by atoms with Crippen LogP contribution >= 0.6 is 11.8 Å². The first-order valence-electron chi connectivity index (χ1n) is 9.82. The molecular weight excluding hydrogens is 370 g/mol. The predicted octanol–water partition coefficient (Wildman–Crippen LogP) is 3.93. The zero-order valence-electron chi connectivity index (χ0n) is 16.2. The van der Waals surface area contributed by atoms with Gasteiger partial charge in [0, 0.05) is 27.9 Å². The molecule has 0 saturated carbocycles. The zero-order valence-corrected chi connectivity index (χ0v) is 17.1. The average Bonchev–Trinajstić information content (AvgIpc) is 3.10. The molecule has 28 heavy (non-hydrogen) atoms. The molecule has 2 aromatic rings. The molecule has 2 aliphatic rings. The standard InChI is InChI=1S/C22H25N3O2S/c1-3-25-11-5-7-16(25)13-23-21(26)15-9-10-19-18(12-15)24-22(27)17-8-4-6-14(2)20(17)28-19/h4,6,8-10,12,16H,3,5,7,11,13H2,1-2H3,(H,23,26)(H,24,27). The molecule has 0 bridgehead atoms. The number of carbonyl (C=O) groups excluding carboxylic acids is 2. The summed E-state index contributed by atoms with van der Waals surface area (Å²) in [4.78, 5) is 29.6. The third-order valence-corrected chi connectivity index (χ3v) is 6.88. The van der Waals surface area contributed by atoms with E-state index in [9.17, 15) is 9.59 Å². The Balaban J connectivity index is 1.51. The number of carbonyl (C=O) groups is 2. The normalized spacial score (nSPS) is 18.8. The van der Waals surface area contributed by atoms with Crippen LogP contribution in [-0.2, 0) is 0 Å². The fourth-order valence-electron chi connectivity index (χ4n) is 3.98. The maximum Gasteiger partial charge on any atom is 0.256 e. The number of rotatable bonds is 4. The summed E-state index contributed by atoms with van der Waals surface area (Å²) in [6.07, 6.45) is 2.32. The molecule has 2 N–H and O–H groups in total. The van der Waals surface area contributed by atoms with Gasteiger partial charge in [-0.15, -0.1) is 0 Å². The lowest BCUT2D eigenvalue weighted by molar-refractivity contribution is 0.0940. The van der Waals surface area contributed by atoms with Crippen LogP contribution in [0.5, 0.6) is 0 Å². The molecule has 5 nitrogen and oxygen atoms in total. The molecule has 2 aromatic carbocycles. The van der Waals surface area contributed by atoms with E-state index < -0.39 is 0 Å². The number of likely N-dealkylation sites (tertiary alicyclic amines) is 1. The largest absolute Gasteiger partial charge is 0.350 e. The van der Waals surface area contributed by atoms with Crippen LogP contribution < -0.4 is 10.6 Å². The Hall–Kier alpha value is -2.31. The molecule has 2 aliphatic heterocycles. The first-order chi connectivity index (χ1) is 13.6. The van der Waals surface area contributed by atoms with Crippen LogP contribution in [0.3, 0.4) is 0 Å². The Kier molecular flexibility index (Phi) is 5.42. The second-order valence-corrected chi connectivity index (χ2v) is 8.41. The van der Waals surface area contributed by atoms with E-state index in [2.05, 4.69) is 22.5 Å². The maximum atomic E-state index is 12.7. The van der Waals surface area contributed by atoms with Gasteiger partial charge >= 0.3 is 0 Å². The van der Waals surface area contributed by atoms with E-state index in [1.165, 1.54) is 6.42 Å². The summed E-state index contributed by atoms with van der Waals surface area (Å²) in [6, 6.07) is 11.7. The second kappa shape index (κ2) is 7.97. The summed E-state index contributed by atoms with van der Waals surface area (Å²) in [5, 5.41) is 6.03. The van der Waals surface area contributed by atoms with Crippen molar-refractivity contribution in [3.63, 3.8) is 0 Å². The Morgan fingerprint density at radius 3 is 3.00 bits per heavy atom. The molecule has 0 spiro atoms. The minimum atomic E-state index is -0.132. The van der Waals surface area contributed by atoms with E-state index in [4.69, 9.17) is 0 Å². The van der Waals surface area contributed by atoms with Crippen molar-refractivity contribution in [3.8, 4) is 0 Å². The number of nitrogens with one attached hydrogen (secondary N) is 2. The quantitative estimate of drug-likeness (QED) is 0.824. The van der Waals surface area contributed by atoms with Gasteiger partial charge in [0.2, 0.25) is 0 Å². The van der Waals surface area contributed by atoms with E-state index in [0.717, 1.165) is 34.9 Å². The van der Waals surface area contributed by atoms with E-state index >= 15 is 0 Å². The van der Waals surface area contributed by atoms with Gasteiger partial charge in [0.25, 0.3) is 11.8 Å². The Bertz CT molecular complexity index is 928. The van der Waals surface area contributed by atoms with Crippen LogP contribution in [-0.4, -0.2) is 42.4 Å². The van der Waals surface area contributed by atoms with Crippen molar-refractivity contribution in [1.82, 2.24) is 10.2 Å². The number of anilines is 1. The van der Waals surface area contributed by atoms with Crippen LogP contribution in [0.25, 0.3) is 0 Å². The van der Waals surface area contributed by atoms with Crippen molar-refractivity contribution >= 4 is 29.3 Å². The number of hydrogen-bond donors (Lipinski definition) is 2. The van der Waals surface area contributed by atoms with Gasteiger partial charge in [0.05, 0.1) is 11.3 Å². The average molecular weight is 396 g/mol. The summed E-state index contributed by atoms with van der Waals surface area (Å²) >= 11 is 1.57. The van der Waals surface area contributed by atoms with Crippen molar-refractivity contribution in [1.29, 1.82) is 0 Å². The summed E-state index contributed by atoms with van der Waals surface area (Å²) in [5.74, 6) is -0.227. The smallest absolute Gasteiger partial charge is 0.256 e. The first kappa shape index (κ1) is 19.0. The zero-order chi connectivity index (χ0) is 19.7. The molecule has 0 aromatic heterocycles. The van der Waals surface area contributed by atoms with E-state index in [1.807, 2.05) is 37.3 Å². The van der Waals surface area contributed by atoms with E-state index in [-0.39, 0.29) is 11.8 Å². The fourth-order valence-corrected chi connectivity index (χ4v) is 5.06. The molecule has 4 rings (SSSR count). The molecule has 0 aliphatic carbocycles. The Morgan fingerprint density at radius 1 is 1.32 bits per heavy atom. The van der Waals surface area contributed by atoms with Crippen molar-refractivity contribution < 1.29 is 9.59 Å². The summed E-state index contributed by atoms with van der Waals surface area (Å²) in [7, 11) is 0. The summed E-state index contributed by atoms with van der Waals surface area (Å²) < 4.78 is 0. The van der Waals surface area contributed by atoms with E-state index in [0.29, 0.717) is 29.4 Å². The second-order valence-electron chi connectivity index (χ2n) is 7.35. The molecule has 1 atom stereocenters. The third kappa shape index (κ3) is 3.66. The van der Waals surface area contributed by atoms with E-state index in [1.54, 1.807) is 17.8 Å². The summed E-state index contributed by atoms with van der Waals surface area (Å²) in [5.41, 5.74) is 3.01. The van der Waals surface area contributed by atoms with Crippen molar-refractivity contribution in [2.24, 2.45) is 0 Å². The highest BCUT2D eigenvalue weighted by atomic mass is 32.2. The van der Waals surface area contributed by atoms with Gasteiger partial charge < -0.3 is 10.6 Å². The molecule has 6 heteroatoms. The number of nitrogens with zero attached hydrogens (tertiary/aromatic N) is 1. The van der Waals surface area contributed by atoms with Crippen LogP contribution in [0.15, 0.2) is 46.2 Å². The number of amides is 2. The van der Waals surface area contributed by atoms with Gasteiger partial charge in [-0.1, -0.05) is 30.8 Å². The fraction of sp³-hybridized carbons (Fsp3) is 0.364. The molecule has 2 heterocycles. The lowest BCUT2D eigenvalue weighted by Crippen LogP contribution is -2.40. The predicted molar refractivity (Wildman–Crippen MR) is 112 cm³/mol. The molecule has 1 saturated heterocycles. The summed E-state index contributed by atoms with van der Waals surface area (Å²) in [6.45, 7) is 6.96. The topological polar surface area (TPSA) is 61.4 Å². The van der Waals surface area contributed by atoms with Crippen molar-refractivity contribution in [2.45, 2.75) is 42.5 Å². The number of aryl methyl sites for hydroxylation is 1. The number of benzene rings is 2. The van der Waals surface area contributed by atoms with Gasteiger partial charge in [0.1, 0.15) is 0 Å². The van der Waals surface area contributed by atoms with Gasteiger partial charge in [-0.25, -0.2) is 0 Å². The Morgan fingerprint density at radius 2 is 2.18 bits per heavy atom. The maximum absolute atomic E-state index is 12.7. The lowest BCUT2D eigenvalue weighted by atomic mass is 10.1. The van der Waals surface area contributed by atoms with Crippen molar-refractivity contribution in [2.75, 3.05) is 25.0 Å². The highest BCUT2D eigenvalue weighted by Crippen LogP contribution is 2.40. The Labute approximate surface area is 169 Å². The third-order valence-electron chi connectivity index (χ3n) is 5.56. The van der Waals surface area contributed by atoms with Crippen LogP contribution in [0.2, 0.25) is 0 Å². The number of hydrogen-bond acceptors (Lipinski definition) is 4. The molecule has 146 valence electrons. The lowest BCUT2D eigenvalue weighted by Gasteiger charge is -2.23. The minimum Gasteiger partial charge on any atom is -0.350 e. The molecule has 2 amide bonds. The van der Waals surface area contributed by atoms with Gasteiger partial charge in [-0.3, -0.25) is 14.5 Å². The first-order valence-corrected chi connectivity index (χ1v) is 10.6. The molecular formula is C22H25N3O2S. The SMILES string of the molecule is CCN1CCCC1CNC(=O)c1ccc2c(c1)NC(=O)c1cccc(C)c1S2. The van der Waals surface area contributed by atoms with Crippen LogP contribution in [0.1, 0.15) is 46.0 Å². The van der Waals surface area contributed by atoms with Crippen LogP contribution in [0, 0.1) is 6.92 Å². The number of fused-ring (bicyclic) bond motifs is 2. The molecule has 0 radical (unpaired) electrons.